The zero-order chi connectivity index (χ0) is 24.7. The number of nitrogens with zero attached hydrogens (tertiary/aromatic N) is 3. The summed E-state index contributed by atoms with van der Waals surface area (Å²) < 4.78 is 41.9. The van der Waals surface area contributed by atoms with Gasteiger partial charge in [-0.05, 0) is 49.1 Å². The van der Waals surface area contributed by atoms with Crippen LogP contribution < -0.4 is 9.47 Å². The first-order chi connectivity index (χ1) is 16.8. The van der Waals surface area contributed by atoms with Gasteiger partial charge >= 0.3 is 0 Å². The molecule has 2 aliphatic rings. The molecule has 0 spiro atoms. The Morgan fingerprint density at radius 1 is 1.09 bits per heavy atom. The van der Waals surface area contributed by atoms with Crippen LogP contribution in [0.1, 0.15) is 58.5 Å². The molecule has 2 unspecified atom stereocenters. The third-order valence-electron chi connectivity index (χ3n) is 6.15. The van der Waals surface area contributed by atoms with Crippen molar-refractivity contribution in [3.05, 3.63) is 64.2 Å². The largest absolute Gasteiger partial charge is 0.493 e. The first-order valence-electron chi connectivity index (χ1n) is 11.3. The van der Waals surface area contributed by atoms with Gasteiger partial charge in [-0.25, -0.2) is 0 Å². The molecule has 1 saturated carbocycles. The Bertz CT molecular complexity index is 1360. The van der Waals surface area contributed by atoms with Gasteiger partial charge in [0, 0.05) is 16.5 Å². The Morgan fingerprint density at radius 3 is 2.54 bits per heavy atom. The van der Waals surface area contributed by atoms with Crippen molar-refractivity contribution in [2.24, 2.45) is 0 Å². The molecular weight excluding hydrogens is 510 g/mol. The van der Waals surface area contributed by atoms with Gasteiger partial charge in [-0.15, -0.1) is 22.0 Å². The van der Waals surface area contributed by atoms with Crippen molar-refractivity contribution >= 4 is 33.5 Å². The van der Waals surface area contributed by atoms with Crippen LogP contribution in [0.15, 0.2) is 36.4 Å². The average molecular weight is 536 g/mol. The molecule has 35 heavy (non-hydrogen) atoms. The highest BCUT2D eigenvalue weighted by atomic mass is 35.5. The summed E-state index contributed by atoms with van der Waals surface area (Å²) in [6.07, 6.45) is 3.64. The van der Waals surface area contributed by atoms with E-state index in [4.69, 9.17) is 25.3 Å². The quantitative estimate of drug-likeness (QED) is 0.370. The van der Waals surface area contributed by atoms with Gasteiger partial charge in [-0.2, -0.15) is 8.42 Å². The number of para-hydroxylation sites is 1. The van der Waals surface area contributed by atoms with Gasteiger partial charge in [0.15, 0.2) is 17.3 Å². The van der Waals surface area contributed by atoms with Crippen molar-refractivity contribution in [2.45, 2.75) is 35.7 Å². The average Bonchev–Trinajstić information content (AvgIpc) is 3.60. The van der Waals surface area contributed by atoms with Gasteiger partial charge < -0.3 is 9.47 Å². The van der Waals surface area contributed by atoms with Crippen molar-refractivity contribution in [3.8, 4) is 17.2 Å². The number of methoxy groups -OCH3 is 2. The van der Waals surface area contributed by atoms with E-state index in [0.29, 0.717) is 28.9 Å². The standard InChI is InChI=1S/C24H26ClN3O5S2/c1-31-19-6-4-5-16(21(19)32-2)22-17-13-15(25)9-10-18(17)28-23(14-7-8-14)26-27-24(28)20(34-22)11-12-33-35(3,29)30/h4-6,9-10,13-14,20,22H,7-8,11-12H2,1-3H3. The van der Waals surface area contributed by atoms with Gasteiger partial charge in [-0.3, -0.25) is 8.75 Å². The van der Waals surface area contributed by atoms with Gasteiger partial charge in [0.25, 0.3) is 10.1 Å². The summed E-state index contributed by atoms with van der Waals surface area (Å²) in [6, 6.07) is 11.7. The van der Waals surface area contributed by atoms with Gasteiger partial charge in [0.05, 0.1) is 43.3 Å². The minimum Gasteiger partial charge on any atom is -0.493 e. The second-order valence-corrected chi connectivity index (χ2v) is 12.0. The van der Waals surface area contributed by atoms with E-state index in [-0.39, 0.29) is 17.1 Å². The first-order valence-corrected chi connectivity index (χ1v) is 14.4. The molecule has 0 bridgehead atoms. The number of hydrogen-bond acceptors (Lipinski definition) is 8. The highest BCUT2D eigenvalue weighted by molar-refractivity contribution is 8.00. The summed E-state index contributed by atoms with van der Waals surface area (Å²) in [5.41, 5.74) is 2.90. The van der Waals surface area contributed by atoms with Gasteiger partial charge in [-0.1, -0.05) is 23.7 Å². The lowest BCUT2D eigenvalue weighted by atomic mass is 10.0. The lowest BCUT2D eigenvalue weighted by Gasteiger charge is -2.24. The Morgan fingerprint density at radius 2 is 1.86 bits per heavy atom. The fourth-order valence-corrected chi connectivity index (χ4v) is 6.55. The molecule has 0 saturated heterocycles. The molecule has 0 radical (unpaired) electrons. The fraction of sp³-hybridized carbons (Fsp3) is 0.417. The zero-order valence-electron chi connectivity index (χ0n) is 19.6. The van der Waals surface area contributed by atoms with Crippen LogP contribution >= 0.6 is 23.4 Å². The molecular formula is C24H26ClN3O5S2. The third-order valence-corrected chi connectivity index (χ3v) is 8.54. The molecule has 5 rings (SSSR count). The summed E-state index contributed by atoms with van der Waals surface area (Å²) in [6.45, 7) is 0.0428. The van der Waals surface area contributed by atoms with Crippen LogP contribution in [0.4, 0.5) is 0 Å². The Kier molecular flexibility index (Phi) is 6.73. The van der Waals surface area contributed by atoms with Crippen molar-refractivity contribution in [1.29, 1.82) is 0 Å². The second kappa shape index (κ2) is 9.65. The van der Waals surface area contributed by atoms with Crippen LogP contribution in [0.5, 0.6) is 11.5 Å². The first kappa shape index (κ1) is 24.4. The van der Waals surface area contributed by atoms with Gasteiger partial charge in [0.1, 0.15) is 5.82 Å². The van der Waals surface area contributed by atoms with Crippen LogP contribution in [-0.2, 0) is 14.3 Å². The van der Waals surface area contributed by atoms with E-state index in [0.717, 1.165) is 47.6 Å². The van der Waals surface area contributed by atoms with E-state index < -0.39 is 10.1 Å². The number of hydrogen-bond donors (Lipinski definition) is 0. The molecule has 1 fully saturated rings. The van der Waals surface area contributed by atoms with Crippen molar-refractivity contribution in [1.82, 2.24) is 14.8 Å². The predicted octanol–water partition coefficient (Wildman–Crippen LogP) is 5.06. The van der Waals surface area contributed by atoms with E-state index in [9.17, 15) is 8.42 Å². The zero-order valence-corrected chi connectivity index (χ0v) is 22.0. The molecule has 11 heteroatoms. The highest BCUT2D eigenvalue weighted by Gasteiger charge is 2.38. The van der Waals surface area contributed by atoms with Crippen LogP contribution in [0, 0.1) is 0 Å². The molecule has 8 nitrogen and oxygen atoms in total. The molecule has 186 valence electrons. The van der Waals surface area contributed by atoms with Crippen LogP contribution in [-0.4, -0.2) is 50.3 Å². The number of benzene rings is 2. The van der Waals surface area contributed by atoms with E-state index in [1.54, 1.807) is 26.0 Å². The number of halogens is 1. The van der Waals surface area contributed by atoms with Crippen LogP contribution in [0.3, 0.4) is 0 Å². The van der Waals surface area contributed by atoms with Crippen molar-refractivity contribution in [3.63, 3.8) is 0 Å². The minimum atomic E-state index is -3.56. The molecule has 0 amide bonds. The number of aromatic nitrogens is 3. The maximum atomic E-state index is 11.6. The fourth-order valence-electron chi connectivity index (χ4n) is 4.47. The molecule has 1 aliphatic carbocycles. The molecule has 1 aliphatic heterocycles. The maximum absolute atomic E-state index is 11.6. The topological polar surface area (TPSA) is 92.5 Å². The van der Waals surface area contributed by atoms with Crippen LogP contribution in [0.25, 0.3) is 5.69 Å². The maximum Gasteiger partial charge on any atom is 0.264 e. The number of ether oxygens (including phenoxy) is 2. The minimum absolute atomic E-state index is 0.0428. The molecule has 1 aromatic heterocycles. The van der Waals surface area contributed by atoms with Crippen molar-refractivity contribution < 1.29 is 22.1 Å². The van der Waals surface area contributed by atoms with E-state index >= 15 is 0 Å². The van der Waals surface area contributed by atoms with E-state index in [2.05, 4.69) is 14.8 Å². The lowest BCUT2D eigenvalue weighted by Crippen LogP contribution is -2.10. The van der Waals surface area contributed by atoms with Crippen molar-refractivity contribution in [2.75, 3.05) is 27.1 Å². The summed E-state index contributed by atoms with van der Waals surface area (Å²) in [4.78, 5) is 0. The summed E-state index contributed by atoms with van der Waals surface area (Å²) >= 11 is 8.16. The Labute approximate surface area is 214 Å². The van der Waals surface area contributed by atoms with E-state index in [1.165, 1.54) is 0 Å². The smallest absolute Gasteiger partial charge is 0.264 e. The molecule has 2 aromatic carbocycles. The molecule has 2 atom stereocenters. The Hall–Kier alpha value is -2.27. The lowest BCUT2D eigenvalue weighted by molar-refractivity contribution is 0.313. The third kappa shape index (κ3) is 4.89. The number of fused-ring (bicyclic) bond motifs is 3. The molecule has 2 heterocycles. The number of rotatable bonds is 8. The number of thioether (sulfide) groups is 1. The Balaban J connectivity index is 1.68. The SMILES string of the molecule is COc1cccc(C2SC(CCOS(C)(=O)=O)c3nnc(C4CC4)n3-c3ccc(Cl)cc32)c1OC. The highest BCUT2D eigenvalue weighted by Crippen LogP contribution is 2.55. The second-order valence-electron chi connectivity index (χ2n) is 8.63. The van der Waals surface area contributed by atoms with Gasteiger partial charge in [0.2, 0.25) is 0 Å². The molecule has 0 N–H and O–H groups in total. The summed E-state index contributed by atoms with van der Waals surface area (Å²) in [5, 5.41) is 9.39. The monoisotopic (exact) mass is 535 g/mol. The predicted molar refractivity (Wildman–Crippen MR) is 135 cm³/mol. The normalized spacial score (nSPS) is 19.5. The summed E-state index contributed by atoms with van der Waals surface area (Å²) in [7, 11) is -0.324. The van der Waals surface area contributed by atoms with E-state index in [1.807, 2.05) is 36.4 Å². The molecule has 3 aromatic rings. The van der Waals surface area contributed by atoms with Crippen LogP contribution in [0.2, 0.25) is 5.02 Å². The summed E-state index contributed by atoms with van der Waals surface area (Å²) in [5.74, 6) is 3.34.